The number of nitrogens with zero attached hydrogens (tertiary/aromatic N) is 4. The van der Waals surface area contributed by atoms with E-state index >= 15 is 0 Å². The number of aryl methyl sites for hydroxylation is 1. The molecule has 4 amide bonds. The first-order chi connectivity index (χ1) is 13.9. The number of rotatable bonds is 5. The molecule has 3 rings (SSSR count). The van der Waals surface area contributed by atoms with Crippen LogP contribution in [0.4, 0.5) is 19.9 Å². The number of hydrogen-bond acceptors (Lipinski definition) is 8. The van der Waals surface area contributed by atoms with Gasteiger partial charge < -0.3 is 19.9 Å². The van der Waals surface area contributed by atoms with Crippen molar-refractivity contribution in [1.29, 1.82) is 0 Å². The summed E-state index contributed by atoms with van der Waals surface area (Å²) < 4.78 is 4.97. The second-order valence-electron chi connectivity index (χ2n) is 6.27. The van der Waals surface area contributed by atoms with Crippen LogP contribution in [0.5, 0.6) is 0 Å². The molecular weight excluding hydrogens is 416 g/mol. The number of anilines is 2. The Balaban J connectivity index is 1.45. The Hall–Kier alpha value is -2.73. The van der Waals surface area contributed by atoms with Gasteiger partial charge in [0.1, 0.15) is 0 Å². The molecule has 2 aromatic heterocycles. The highest BCUT2D eigenvalue weighted by atomic mass is 32.1. The molecule has 1 fully saturated rings. The van der Waals surface area contributed by atoms with Gasteiger partial charge in [-0.3, -0.25) is 10.1 Å². The van der Waals surface area contributed by atoms with Gasteiger partial charge in [0.15, 0.2) is 10.3 Å². The average molecular weight is 439 g/mol. The molecule has 10 nitrogen and oxygen atoms in total. The van der Waals surface area contributed by atoms with Crippen LogP contribution in [0.2, 0.25) is 0 Å². The van der Waals surface area contributed by atoms with Crippen molar-refractivity contribution in [3.05, 3.63) is 22.1 Å². The number of thiazole rings is 2. The zero-order chi connectivity index (χ0) is 20.8. The van der Waals surface area contributed by atoms with Gasteiger partial charge in [-0.1, -0.05) is 0 Å². The minimum atomic E-state index is -0.358. The third kappa shape index (κ3) is 5.87. The van der Waals surface area contributed by atoms with Gasteiger partial charge in [0, 0.05) is 36.9 Å². The van der Waals surface area contributed by atoms with Gasteiger partial charge in [-0.05, 0) is 13.8 Å². The van der Waals surface area contributed by atoms with Crippen molar-refractivity contribution in [1.82, 2.24) is 19.8 Å². The molecule has 3 heterocycles. The van der Waals surface area contributed by atoms with E-state index in [4.69, 9.17) is 4.74 Å². The van der Waals surface area contributed by atoms with Crippen LogP contribution in [0.15, 0.2) is 10.8 Å². The van der Waals surface area contributed by atoms with Gasteiger partial charge >= 0.3 is 12.1 Å². The summed E-state index contributed by atoms with van der Waals surface area (Å²) in [5.41, 5.74) is 1.43. The maximum absolute atomic E-state index is 12.4. The van der Waals surface area contributed by atoms with E-state index in [0.717, 1.165) is 5.69 Å². The Bertz CT molecular complexity index is 875. The maximum Gasteiger partial charge on any atom is 0.409 e. The number of piperazine rings is 1. The summed E-state index contributed by atoms with van der Waals surface area (Å²) >= 11 is 2.63. The number of amides is 4. The SMILES string of the molecule is CCOC(=O)N1CCN(C(=O)Nc2nc(CC(=O)Nc3nc(C)cs3)cs2)CC1. The highest BCUT2D eigenvalue weighted by Gasteiger charge is 2.25. The molecule has 29 heavy (non-hydrogen) atoms. The molecule has 1 saturated heterocycles. The van der Waals surface area contributed by atoms with E-state index < -0.39 is 0 Å². The van der Waals surface area contributed by atoms with E-state index in [2.05, 4.69) is 20.6 Å². The van der Waals surface area contributed by atoms with Gasteiger partial charge in [0.2, 0.25) is 5.91 Å². The molecule has 0 spiro atoms. The highest BCUT2D eigenvalue weighted by molar-refractivity contribution is 7.14. The molecule has 2 N–H and O–H groups in total. The summed E-state index contributed by atoms with van der Waals surface area (Å²) in [6, 6.07) is -0.280. The van der Waals surface area contributed by atoms with E-state index in [0.29, 0.717) is 48.7 Å². The normalized spacial score (nSPS) is 13.9. The van der Waals surface area contributed by atoms with Crippen molar-refractivity contribution in [3.8, 4) is 0 Å². The van der Waals surface area contributed by atoms with Crippen molar-refractivity contribution < 1.29 is 19.1 Å². The summed E-state index contributed by atoms with van der Waals surface area (Å²) in [6.07, 6.45) is -0.258. The van der Waals surface area contributed by atoms with Crippen LogP contribution in [0.1, 0.15) is 18.3 Å². The fourth-order valence-electron chi connectivity index (χ4n) is 2.66. The molecule has 0 atom stereocenters. The Morgan fingerprint density at radius 1 is 1.03 bits per heavy atom. The lowest BCUT2D eigenvalue weighted by atomic mass is 10.3. The lowest BCUT2D eigenvalue weighted by Gasteiger charge is -2.33. The molecule has 1 aliphatic heterocycles. The maximum atomic E-state index is 12.4. The van der Waals surface area contributed by atoms with Crippen LogP contribution in [0.3, 0.4) is 0 Å². The van der Waals surface area contributed by atoms with Crippen LogP contribution in [0.25, 0.3) is 0 Å². The quantitative estimate of drug-likeness (QED) is 0.740. The van der Waals surface area contributed by atoms with Gasteiger partial charge in [-0.15, -0.1) is 22.7 Å². The Kier molecular flexibility index (Phi) is 6.99. The standard InChI is InChI=1S/C17H22N6O4S2/c1-3-27-17(26)23-6-4-22(5-7-23)16(25)21-15-19-12(10-29-15)8-13(24)20-14-18-11(2)9-28-14/h9-10H,3-8H2,1-2H3,(H,18,20,24)(H,19,21,25). The van der Waals surface area contributed by atoms with Crippen molar-refractivity contribution in [2.45, 2.75) is 20.3 Å². The van der Waals surface area contributed by atoms with Crippen LogP contribution in [-0.2, 0) is 16.0 Å². The minimum absolute atomic E-state index is 0.100. The van der Waals surface area contributed by atoms with Gasteiger partial charge in [-0.2, -0.15) is 0 Å². The number of urea groups is 1. The zero-order valence-electron chi connectivity index (χ0n) is 16.1. The Labute approximate surface area is 175 Å². The van der Waals surface area contributed by atoms with Crippen LogP contribution in [0, 0.1) is 6.92 Å². The van der Waals surface area contributed by atoms with E-state index in [1.165, 1.54) is 22.7 Å². The molecule has 12 heteroatoms. The largest absolute Gasteiger partial charge is 0.450 e. The van der Waals surface area contributed by atoms with E-state index in [1.54, 1.807) is 22.1 Å². The van der Waals surface area contributed by atoms with E-state index in [-0.39, 0.29) is 24.5 Å². The molecule has 0 bridgehead atoms. The third-order valence-corrected chi connectivity index (χ3v) is 5.75. The number of nitrogens with one attached hydrogen (secondary N) is 2. The molecule has 0 radical (unpaired) electrons. The van der Waals surface area contributed by atoms with Gasteiger partial charge in [0.05, 0.1) is 24.4 Å². The predicted molar refractivity (Wildman–Crippen MR) is 110 cm³/mol. The summed E-state index contributed by atoms with van der Waals surface area (Å²) in [6.45, 7) is 5.62. The fraction of sp³-hybridized carbons (Fsp3) is 0.471. The topological polar surface area (TPSA) is 117 Å². The molecule has 156 valence electrons. The second kappa shape index (κ2) is 9.65. The third-order valence-electron chi connectivity index (χ3n) is 4.07. The summed E-state index contributed by atoms with van der Waals surface area (Å²) in [7, 11) is 0. The molecule has 0 aliphatic carbocycles. The van der Waals surface area contributed by atoms with Crippen molar-refractivity contribution in [2.75, 3.05) is 43.4 Å². The number of carbonyl (C=O) groups excluding carboxylic acids is 3. The summed E-state index contributed by atoms with van der Waals surface area (Å²) in [4.78, 5) is 47.9. The van der Waals surface area contributed by atoms with Crippen molar-refractivity contribution in [2.24, 2.45) is 0 Å². The number of hydrogen-bond donors (Lipinski definition) is 2. The van der Waals surface area contributed by atoms with Gasteiger partial charge in [-0.25, -0.2) is 19.6 Å². The van der Waals surface area contributed by atoms with Gasteiger partial charge in [0.25, 0.3) is 0 Å². The van der Waals surface area contributed by atoms with Crippen molar-refractivity contribution in [3.63, 3.8) is 0 Å². The molecule has 0 aromatic carbocycles. The molecule has 0 unspecified atom stereocenters. The molecular formula is C17H22N6O4S2. The van der Waals surface area contributed by atoms with Crippen LogP contribution < -0.4 is 10.6 Å². The number of aromatic nitrogens is 2. The van der Waals surface area contributed by atoms with Crippen LogP contribution in [-0.4, -0.2) is 70.6 Å². The summed E-state index contributed by atoms with van der Waals surface area (Å²) in [5.74, 6) is -0.211. The predicted octanol–water partition coefficient (Wildman–Crippen LogP) is 2.40. The minimum Gasteiger partial charge on any atom is -0.450 e. The van der Waals surface area contributed by atoms with E-state index in [1.807, 2.05) is 12.3 Å². The first-order valence-electron chi connectivity index (χ1n) is 9.08. The summed E-state index contributed by atoms with van der Waals surface area (Å²) in [5, 5.41) is 10.1. The monoisotopic (exact) mass is 438 g/mol. The van der Waals surface area contributed by atoms with Crippen LogP contribution >= 0.6 is 22.7 Å². The van der Waals surface area contributed by atoms with Crippen molar-refractivity contribution >= 4 is 51.0 Å². The Morgan fingerprint density at radius 2 is 1.69 bits per heavy atom. The Morgan fingerprint density at radius 3 is 2.34 bits per heavy atom. The second-order valence-corrected chi connectivity index (χ2v) is 7.98. The average Bonchev–Trinajstić information content (AvgIpc) is 3.30. The smallest absolute Gasteiger partial charge is 0.409 e. The first-order valence-corrected chi connectivity index (χ1v) is 10.8. The lowest BCUT2D eigenvalue weighted by molar-refractivity contribution is -0.115. The number of ether oxygens (including phenoxy) is 1. The zero-order valence-corrected chi connectivity index (χ0v) is 17.8. The molecule has 0 saturated carbocycles. The highest BCUT2D eigenvalue weighted by Crippen LogP contribution is 2.18. The molecule has 1 aliphatic rings. The van der Waals surface area contributed by atoms with E-state index in [9.17, 15) is 14.4 Å². The lowest BCUT2D eigenvalue weighted by Crippen LogP contribution is -2.51. The first kappa shape index (κ1) is 21.0. The fourth-order valence-corrected chi connectivity index (χ4v) is 4.07. The number of carbonyl (C=O) groups is 3. The molecule has 2 aromatic rings.